The molecule has 7 atom stereocenters. The van der Waals surface area contributed by atoms with Crippen molar-refractivity contribution < 1.29 is 37.3 Å². The Labute approximate surface area is 290 Å². The molecule has 3 bridgehead atoms. The predicted octanol–water partition coefficient (Wildman–Crippen LogP) is 4.52. The van der Waals surface area contributed by atoms with Gasteiger partial charge in [0.15, 0.2) is 11.4 Å². The van der Waals surface area contributed by atoms with Crippen molar-refractivity contribution in [3.05, 3.63) is 48.0 Å². The van der Waals surface area contributed by atoms with E-state index < -0.39 is 34.4 Å². The van der Waals surface area contributed by atoms with Gasteiger partial charge in [-0.3, -0.25) is 0 Å². The lowest BCUT2D eigenvalue weighted by atomic mass is 9.78. The number of hydrogen-bond donors (Lipinski definition) is 3. The number of aliphatic hydroxyl groups excluding tert-OH is 1. The highest BCUT2D eigenvalue weighted by Crippen LogP contribution is 2.47. The molecule has 2 saturated heterocycles. The van der Waals surface area contributed by atoms with E-state index in [2.05, 4.69) is 22.5 Å². The van der Waals surface area contributed by atoms with Gasteiger partial charge in [0.05, 0.1) is 47.1 Å². The fourth-order valence-corrected chi connectivity index (χ4v) is 10.1. The molecule has 0 spiro atoms. The summed E-state index contributed by atoms with van der Waals surface area (Å²) in [5.74, 6) is 1.06. The lowest BCUT2D eigenvalue weighted by molar-refractivity contribution is -0.153. The number of sulfonamides is 1. The molecule has 49 heavy (non-hydrogen) atoms. The van der Waals surface area contributed by atoms with Crippen LogP contribution in [-0.2, 0) is 30.7 Å². The molecule has 8 rings (SSSR count). The maximum Gasteiger partial charge on any atom is 0.407 e. The molecule has 3 aliphatic carbocycles. The Morgan fingerprint density at radius 3 is 2.69 bits per heavy atom. The second kappa shape index (κ2) is 13.0. The summed E-state index contributed by atoms with van der Waals surface area (Å²) >= 11 is 1.44. The smallest absolute Gasteiger partial charge is 0.407 e. The molecule has 1 aromatic heterocycles. The van der Waals surface area contributed by atoms with Crippen LogP contribution in [0.1, 0.15) is 51.0 Å². The van der Waals surface area contributed by atoms with Crippen molar-refractivity contribution in [1.82, 2.24) is 14.6 Å². The zero-order chi connectivity index (χ0) is 33.9. The first-order chi connectivity index (χ1) is 23.5. The molecule has 0 radical (unpaired) electrons. The number of carbonyl (C=O) groups excluding carboxylic acids is 1. The first-order valence-electron chi connectivity index (χ1n) is 17.3. The van der Waals surface area contributed by atoms with Gasteiger partial charge in [0, 0.05) is 31.0 Å². The Kier molecular flexibility index (Phi) is 8.76. The van der Waals surface area contributed by atoms with Crippen LogP contribution in [0, 0.1) is 17.3 Å². The second-order valence-corrected chi connectivity index (χ2v) is 17.8. The molecule has 264 valence electrons. The SMILES string of the molecule is COc1ccc(C[C@H](NC(=O)OC2C3COC4OC2CC4C3)[C@H](O)CN(CC2(C)CC2)S(=O)(=O)c2ccc3nc(NC4CC4)sc3c2)cc1. The summed E-state index contributed by atoms with van der Waals surface area (Å²) in [6.45, 7) is 2.59. The monoisotopic (exact) mass is 712 g/mol. The summed E-state index contributed by atoms with van der Waals surface area (Å²) in [4.78, 5) is 18.3. The molecule has 2 aliphatic heterocycles. The zero-order valence-electron chi connectivity index (χ0n) is 27.7. The van der Waals surface area contributed by atoms with Gasteiger partial charge in [0.25, 0.3) is 0 Å². The molecular formula is C35H44N4O8S2. The van der Waals surface area contributed by atoms with Gasteiger partial charge in [-0.25, -0.2) is 18.2 Å². The standard InChI is InChI=1S/C35H44N4O8S2/c1-35(11-12-35)19-39(49(42,43)25-9-10-26-30(16-25)48-33(37-26)36-23-5-6-23)17-28(40)27(13-20-3-7-24(44-2)8-4-20)38-34(41)47-31-22-14-21-15-29(31)46-32(21)45-18-22/h3-4,7-10,16,21-23,27-29,31-32,40H,5-6,11-15,17-19H2,1-2H3,(H,36,37)(H,38,41)/t21?,22?,27-,28+,29?,31?,32?/m0/s1. The number of anilines is 1. The average molecular weight is 713 g/mol. The van der Waals surface area contributed by atoms with Crippen LogP contribution in [0.5, 0.6) is 5.75 Å². The van der Waals surface area contributed by atoms with E-state index in [1.54, 1.807) is 25.3 Å². The molecule has 12 nitrogen and oxygen atoms in total. The first kappa shape index (κ1) is 33.2. The Balaban J connectivity index is 1.03. The molecule has 2 aromatic carbocycles. The van der Waals surface area contributed by atoms with Gasteiger partial charge in [0.2, 0.25) is 10.0 Å². The normalized spacial score (nSPS) is 28.0. The number of methoxy groups -OCH3 is 1. The van der Waals surface area contributed by atoms with Crippen molar-refractivity contribution in [3.8, 4) is 5.75 Å². The Morgan fingerprint density at radius 1 is 1.16 bits per heavy atom. The quantitative estimate of drug-likeness (QED) is 0.218. The van der Waals surface area contributed by atoms with Gasteiger partial charge >= 0.3 is 6.09 Å². The van der Waals surface area contributed by atoms with Crippen LogP contribution < -0.4 is 15.4 Å². The maximum atomic E-state index is 14.3. The minimum absolute atomic E-state index is 0.0505. The summed E-state index contributed by atoms with van der Waals surface area (Å²) in [5, 5.41) is 18.9. The number of rotatable bonds is 14. The molecule has 5 fully saturated rings. The Bertz CT molecular complexity index is 1790. The van der Waals surface area contributed by atoms with Crippen molar-refractivity contribution in [3.63, 3.8) is 0 Å². The fourth-order valence-electron chi connectivity index (χ4n) is 7.39. The molecule has 3 heterocycles. The highest BCUT2D eigenvalue weighted by Gasteiger charge is 2.54. The lowest BCUT2D eigenvalue weighted by Crippen LogP contribution is -2.53. The number of hydrogen-bond acceptors (Lipinski definition) is 11. The molecule has 3 aromatic rings. The van der Waals surface area contributed by atoms with E-state index in [0.717, 1.165) is 59.4 Å². The summed E-state index contributed by atoms with van der Waals surface area (Å²) in [6, 6.07) is 12.0. The van der Waals surface area contributed by atoms with E-state index in [1.165, 1.54) is 15.6 Å². The van der Waals surface area contributed by atoms with Gasteiger partial charge in [-0.1, -0.05) is 30.4 Å². The number of alkyl carbamates (subject to hydrolysis) is 1. The van der Waals surface area contributed by atoms with Crippen LogP contribution in [0.15, 0.2) is 47.4 Å². The molecule has 5 aliphatic rings. The Hall–Kier alpha value is -3.01. The van der Waals surface area contributed by atoms with E-state index in [4.69, 9.17) is 18.9 Å². The van der Waals surface area contributed by atoms with Crippen molar-refractivity contribution in [2.45, 2.75) is 93.5 Å². The van der Waals surface area contributed by atoms with Crippen LogP contribution in [0.3, 0.4) is 0 Å². The van der Waals surface area contributed by atoms with Crippen molar-refractivity contribution >= 4 is 42.8 Å². The number of ether oxygens (including phenoxy) is 4. The third kappa shape index (κ3) is 7.13. The average Bonchev–Trinajstić information content (AvgIpc) is 3.98. The highest BCUT2D eigenvalue weighted by molar-refractivity contribution is 7.89. The number of carbonyl (C=O) groups is 1. The molecule has 14 heteroatoms. The largest absolute Gasteiger partial charge is 0.497 e. The van der Waals surface area contributed by atoms with Crippen LogP contribution in [0.25, 0.3) is 10.2 Å². The van der Waals surface area contributed by atoms with Crippen LogP contribution in [0.4, 0.5) is 9.93 Å². The fraction of sp³-hybridized carbons (Fsp3) is 0.600. The first-order valence-corrected chi connectivity index (χ1v) is 19.5. The number of nitrogens with zero attached hydrogens (tertiary/aromatic N) is 2. The number of fused-ring (bicyclic) bond motifs is 3. The van der Waals surface area contributed by atoms with Gasteiger partial charge in [0.1, 0.15) is 11.9 Å². The summed E-state index contributed by atoms with van der Waals surface area (Å²) in [7, 11) is -2.43. The van der Waals surface area contributed by atoms with E-state index in [9.17, 15) is 18.3 Å². The summed E-state index contributed by atoms with van der Waals surface area (Å²) in [5.41, 5.74) is 1.40. The number of thiazole rings is 1. The van der Waals surface area contributed by atoms with E-state index >= 15 is 0 Å². The third-order valence-electron chi connectivity index (χ3n) is 10.7. The van der Waals surface area contributed by atoms with Crippen molar-refractivity contribution in [1.29, 1.82) is 0 Å². The molecule has 3 saturated carbocycles. The number of amides is 1. The molecule has 1 amide bonds. The van der Waals surface area contributed by atoms with Crippen LogP contribution >= 0.6 is 11.3 Å². The minimum Gasteiger partial charge on any atom is -0.497 e. The van der Waals surface area contributed by atoms with Gasteiger partial charge in [-0.15, -0.1) is 0 Å². The number of aliphatic hydroxyl groups is 1. The number of benzene rings is 2. The van der Waals surface area contributed by atoms with Crippen molar-refractivity contribution in [2.24, 2.45) is 17.3 Å². The van der Waals surface area contributed by atoms with Gasteiger partial charge in [-0.2, -0.15) is 4.31 Å². The third-order valence-corrected chi connectivity index (χ3v) is 13.5. The van der Waals surface area contributed by atoms with Gasteiger partial charge < -0.3 is 34.7 Å². The maximum absolute atomic E-state index is 14.3. The number of aromatic nitrogens is 1. The van der Waals surface area contributed by atoms with Crippen LogP contribution in [-0.4, -0.2) is 92.4 Å². The number of nitrogens with one attached hydrogen (secondary N) is 2. The zero-order valence-corrected chi connectivity index (χ0v) is 29.4. The highest BCUT2D eigenvalue weighted by atomic mass is 32.2. The molecule has 3 N–H and O–H groups in total. The van der Waals surface area contributed by atoms with E-state index in [1.807, 2.05) is 24.3 Å². The molecular weight excluding hydrogens is 669 g/mol. The summed E-state index contributed by atoms with van der Waals surface area (Å²) in [6.07, 6.45) is 3.13. The lowest BCUT2D eigenvalue weighted by Gasteiger charge is -2.37. The molecule has 5 unspecified atom stereocenters. The van der Waals surface area contributed by atoms with Crippen molar-refractivity contribution in [2.75, 3.05) is 32.1 Å². The summed E-state index contributed by atoms with van der Waals surface area (Å²) < 4.78 is 54.0. The Morgan fingerprint density at radius 2 is 1.96 bits per heavy atom. The second-order valence-electron chi connectivity index (χ2n) is 14.8. The predicted molar refractivity (Wildman–Crippen MR) is 183 cm³/mol. The van der Waals surface area contributed by atoms with E-state index in [0.29, 0.717) is 24.3 Å². The van der Waals surface area contributed by atoms with Crippen LogP contribution in [0.2, 0.25) is 0 Å². The van der Waals surface area contributed by atoms with E-state index in [-0.39, 0.29) is 48.1 Å². The minimum atomic E-state index is -4.02. The topological polar surface area (TPSA) is 149 Å². The van der Waals surface area contributed by atoms with Gasteiger partial charge in [-0.05, 0) is 86.3 Å².